The van der Waals surface area contributed by atoms with Crippen molar-refractivity contribution in [1.82, 2.24) is 5.32 Å². The Kier molecular flexibility index (Phi) is 8.03. The molecule has 0 heterocycles. The normalized spacial score (nSPS) is 12.6. The first-order valence-corrected chi connectivity index (χ1v) is 9.54. The number of halogens is 1. The Morgan fingerprint density at radius 3 is 2.14 bits per heavy atom. The fourth-order valence-corrected chi connectivity index (χ4v) is 2.61. The summed E-state index contributed by atoms with van der Waals surface area (Å²) in [5, 5.41) is 8.22. The summed E-state index contributed by atoms with van der Waals surface area (Å²) in [5.74, 6) is -1.48. The SMILES string of the molecule is CC(C)[C@@H](NC(=O)Nc1ccccc1)C(=O)O[C@@H](C)C(=O)Nc1ccccc1Cl. The van der Waals surface area contributed by atoms with Gasteiger partial charge in [-0.25, -0.2) is 9.59 Å². The number of anilines is 2. The van der Waals surface area contributed by atoms with Crippen LogP contribution in [0.4, 0.5) is 16.2 Å². The van der Waals surface area contributed by atoms with Crippen LogP contribution in [0.5, 0.6) is 0 Å². The van der Waals surface area contributed by atoms with E-state index in [1.54, 1.807) is 62.4 Å². The second-order valence-corrected chi connectivity index (χ2v) is 7.14. The van der Waals surface area contributed by atoms with Crippen LogP contribution in [0.15, 0.2) is 54.6 Å². The Labute approximate surface area is 174 Å². The summed E-state index contributed by atoms with van der Waals surface area (Å²) in [7, 11) is 0. The molecule has 2 rings (SSSR count). The Morgan fingerprint density at radius 1 is 0.897 bits per heavy atom. The molecular formula is C21H24ClN3O4. The van der Waals surface area contributed by atoms with Crippen molar-refractivity contribution in [3.8, 4) is 0 Å². The second kappa shape index (κ2) is 10.5. The van der Waals surface area contributed by atoms with E-state index in [-0.39, 0.29) is 5.92 Å². The third-order valence-corrected chi connectivity index (χ3v) is 4.36. The maximum atomic E-state index is 12.5. The number of benzene rings is 2. The second-order valence-electron chi connectivity index (χ2n) is 6.73. The quantitative estimate of drug-likeness (QED) is 0.592. The highest BCUT2D eigenvalue weighted by Gasteiger charge is 2.29. The van der Waals surface area contributed by atoms with Gasteiger partial charge in [0.05, 0.1) is 10.7 Å². The summed E-state index contributed by atoms with van der Waals surface area (Å²) in [5.41, 5.74) is 1.01. The molecule has 3 amide bonds. The van der Waals surface area contributed by atoms with E-state index in [1.165, 1.54) is 6.92 Å². The molecule has 0 saturated heterocycles. The number of esters is 1. The lowest BCUT2D eigenvalue weighted by atomic mass is 10.0. The van der Waals surface area contributed by atoms with E-state index in [0.29, 0.717) is 16.4 Å². The van der Waals surface area contributed by atoms with E-state index in [4.69, 9.17) is 16.3 Å². The van der Waals surface area contributed by atoms with Gasteiger partial charge in [0.2, 0.25) is 0 Å². The summed E-state index contributed by atoms with van der Waals surface area (Å²) in [6.45, 7) is 4.98. The van der Waals surface area contributed by atoms with Gasteiger partial charge in [0.25, 0.3) is 5.91 Å². The Hall–Kier alpha value is -3.06. The molecule has 0 aliphatic rings. The molecule has 8 heteroatoms. The zero-order valence-corrected chi connectivity index (χ0v) is 17.2. The van der Waals surface area contributed by atoms with Crippen LogP contribution in [0.25, 0.3) is 0 Å². The number of rotatable bonds is 7. The van der Waals surface area contributed by atoms with Gasteiger partial charge in [0.15, 0.2) is 6.10 Å². The number of para-hydroxylation sites is 2. The Morgan fingerprint density at radius 2 is 1.52 bits per heavy atom. The predicted molar refractivity (Wildman–Crippen MR) is 113 cm³/mol. The highest BCUT2D eigenvalue weighted by Crippen LogP contribution is 2.20. The van der Waals surface area contributed by atoms with Crippen molar-refractivity contribution in [2.45, 2.75) is 32.9 Å². The van der Waals surface area contributed by atoms with Crippen LogP contribution < -0.4 is 16.0 Å². The molecule has 0 aliphatic heterocycles. The molecule has 0 aromatic heterocycles. The number of ether oxygens (including phenoxy) is 1. The minimum absolute atomic E-state index is 0.247. The number of urea groups is 1. The zero-order valence-electron chi connectivity index (χ0n) is 16.4. The Bertz CT molecular complexity index is 858. The lowest BCUT2D eigenvalue weighted by molar-refractivity contribution is -0.156. The number of carbonyl (C=O) groups is 3. The molecule has 3 N–H and O–H groups in total. The van der Waals surface area contributed by atoms with Crippen LogP contribution in [0.2, 0.25) is 5.02 Å². The van der Waals surface area contributed by atoms with Gasteiger partial charge in [-0.3, -0.25) is 4.79 Å². The molecule has 0 spiro atoms. The van der Waals surface area contributed by atoms with Gasteiger partial charge in [0, 0.05) is 5.69 Å². The third kappa shape index (κ3) is 6.80. The maximum absolute atomic E-state index is 12.5. The fourth-order valence-electron chi connectivity index (χ4n) is 2.43. The van der Waals surface area contributed by atoms with Gasteiger partial charge in [-0.15, -0.1) is 0 Å². The third-order valence-electron chi connectivity index (χ3n) is 4.03. The molecule has 2 aromatic rings. The van der Waals surface area contributed by atoms with Crippen molar-refractivity contribution >= 4 is 40.9 Å². The summed E-state index contributed by atoms with van der Waals surface area (Å²) >= 11 is 6.02. The number of carbonyl (C=O) groups excluding carboxylic acids is 3. The number of hydrogen-bond donors (Lipinski definition) is 3. The van der Waals surface area contributed by atoms with Crippen molar-refractivity contribution < 1.29 is 19.1 Å². The van der Waals surface area contributed by atoms with Gasteiger partial charge in [-0.05, 0) is 37.1 Å². The van der Waals surface area contributed by atoms with E-state index in [0.717, 1.165) is 0 Å². The van der Waals surface area contributed by atoms with E-state index in [1.807, 2.05) is 6.07 Å². The summed E-state index contributed by atoms with van der Waals surface area (Å²) in [4.78, 5) is 37.1. The molecule has 0 bridgehead atoms. The van der Waals surface area contributed by atoms with Crippen molar-refractivity contribution in [3.63, 3.8) is 0 Å². The molecule has 0 radical (unpaired) electrons. The van der Waals surface area contributed by atoms with Gasteiger partial charge in [0.1, 0.15) is 6.04 Å². The predicted octanol–water partition coefficient (Wildman–Crippen LogP) is 4.06. The molecule has 154 valence electrons. The first-order chi connectivity index (χ1) is 13.8. The standard InChI is InChI=1S/C21H24ClN3O4/c1-13(2)18(25-21(28)23-15-9-5-4-6-10-15)20(27)29-14(3)19(26)24-17-12-8-7-11-16(17)22/h4-14,18H,1-3H3,(H,24,26)(H2,23,25,28)/t14-,18+/m0/s1. The molecule has 0 saturated carbocycles. The van der Waals surface area contributed by atoms with Gasteiger partial charge >= 0.3 is 12.0 Å². The fraction of sp³-hybridized carbons (Fsp3) is 0.286. The molecule has 2 aromatic carbocycles. The van der Waals surface area contributed by atoms with Crippen LogP contribution in [0.3, 0.4) is 0 Å². The van der Waals surface area contributed by atoms with E-state index in [9.17, 15) is 14.4 Å². The average Bonchev–Trinajstić information content (AvgIpc) is 2.68. The maximum Gasteiger partial charge on any atom is 0.329 e. The van der Waals surface area contributed by atoms with Crippen molar-refractivity contribution in [3.05, 3.63) is 59.6 Å². The number of hydrogen-bond acceptors (Lipinski definition) is 4. The Balaban J connectivity index is 1.94. The van der Waals surface area contributed by atoms with Crippen LogP contribution >= 0.6 is 11.6 Å². The average molecular weight is 418 g/mol. The van der Waals surface area contributed by atoms with Crippen LogP contribution in [0, 0.1) is 5.92 Å². The zero-order chi connectivity index (χ0) is 21.4. The highest BCUT2D eigenvalue weighted by molar-refractivity contribution is 6.33. The van der Waals surface area contributed by atoms with Crippen molar-refractivity contribution in [2.75, 3.05) is 10.6 Å². The lowest BCUT2D eigenvalue weighted by Gasteiger charge is -2.23. The number of amides is 3. The molecule has 29 heavy (non-hydrogen) atoms. The summed E-state index contributed by atoms with van der Waals surface area (Å²) in [6.07, 6.45) is -1.07. The van der Waals surface area contributed by atoms with E-state index < -0.39 is 30.1 Å². The van der Waals surface area contributed by atoms with Crippen LogP contribution in [0.1, 0.15) is 20.8 Å². The molecule has 7 nitrogen and oxygen atoms in total. The summed E-state index contributed by atoms with van der Waals surface area (Å²) < 4.78 is 5.26. The molecule has 2 atom stereocenters. The first-order valence-electron chi connectivity index (χ1n) is 9.16. The topological polar surface area (TPSA) is 96.5 Å². The first kappa shape index (κ1) is 22.2. The van der Waals surface area contributed by atoms with Crippen LogP contribution in [-0.2, 0) is 14.3 Å². The van der Waals surface area contributed by atoms with Crippen molar-refractivity contribution in [1.29, 1.82) is 0 Å². The van der Waals surface area contributed by atoms with E-state index >= 15 is 0 Å². The van der Waals surface area contributed by atoms with Crippen LogP contribution in [-0.4, -0.2) is 30.1 Å². The summed E-state index contributed by atoms with van der Waals surface area (Å²) in [6, 6.07) is 14.1. The molecule has 0 aliphatic carbocycles. The number of nitrogens with one attached hydrogen (secondary N) is 3. The molecule has 0 fully saturated rings. The smallest absolute Gasteiger partial charge is 0.329 e. The highest BCUT2D eigenvalue weighted by atomic mass is 35.5. The largest absolute Gasteiger partial charge is 0.451 e. The minimum atomic E-state index is -1.07. The van der Waals surface area contributed by atoms with Gasteiger partial charge in [-0.1, -0.05) is 55.8 Å². The van der Waals surface area contributed by atoms with Crippen molar-refractivity contribution in [2.24, 2.45) is 5.92 Å². The molecule has 0 unspecified atom stereocenters. The van der Waals surface area contributed by atoms with Gasteiger partial charge < -0.3 is 20.7 Å². The van der Waals surface area contributed by atoms with E-state index in [2.05, 4.69) is 16.0 Å². The monoisotopic (exact) mass is 417 g/mol. The molecular weight excluding hydrogens is 394 g/mol. The van der Waals surface area contributed by atoms with Gasteiger partial charge in [-0.2, -0.15) is 0 Å². The minimum Gasteiger partial charge on any atom is -0.451 e. The lowest BCUT2D eigenvalue weighted by Crippen LogP contribution is -2.48.